The van der Waals surface area contributed by atoms with Crippen molar-refractivity contribution in [2.24, 2.45) is 11.7 Å². The molecule has 0 aliphatic rings. The highest BCUT2D eigenvalue weighted by Gasteiger charge is 2.18. The third-order valence-electron chi connectivity index (χ3n) is 3.49. The van der Waals surface area contributed by atoms with Gasteiger partial charge < -0.3 is 10.6 Å². The van der Waals surface area contributed by atoms with Crippen molar-refractivity contribution in [3.05, 3.63) is 29.6 Å². The molecular weight excluding hydrogens is 271 g/mol. The van der Waals surface area contributed by atoms with E-state index in [1.807, 2.05) is 6.07 Å². The van der Waals surface area contributed by atoms with Gasteiger partial charge in [0.15, 0.2) is 0 Å². The van der Waals surface area contributed by atoms with Gasteiger partial charge in [-0.1, -0.05) is 39.9 Å². The van der Waals surface area contributed by atoms with Gasteiger partial charge in [0.25, 0.3) is 0 Å². The van der Waals surface area contributed by atoms with Gasteiger partial charge in [0.05, 0.1) is 0 Å². The molecule has 4 heteroatoms. The minimum absolute atomic E-state index is 0.104. The van der Waals surface area contributed by atoms with Crippen LogP contribution >= 0.6 is 12.2 Å². The van der Waals surface area contributed by atoms with Crippen LogP contribution in [0.5, 0.6) is 0 Å². The van der Waals surface area contributed by atoms with Crippen molar-refractivity contribution >= 4 is 22.9 Å². The van der Waals surface area contributed by atoms with Gasteiger partial charge in [-0.3, -0.25) is 0 Å². The topological polar surface area (TPSA) is 29.3 Å². The summed E-state index contributed by atoms with van der Waals surface area (Å²) in [4.78, 5) is 2.39. The normalized spacial score (nSPS) is 11.2. The van der Waals surface area contributed by atoms with Gasteiger partial charge in [0.1, 0.15) is 10.8 Å². The maximum atomic E-state index is 14.1. The van der Waals surface area contributed by atoms with Crippen LogP contribution in [0.15, 0.2) is 18.2 Å². The summed E-state index contributed by atoms with van der Waals surface area (Å²) in [6.07, 6.45) is 2.09. The number of thiocarbonyl (C=S) groups is 1. The van der Waals surface area contributed by atoms with Crippen LogP contribution in [0.3, 0.4) is 0 Å². The molecule has 0 aliphatic heterocycles. The van der Waals surface area contributed by atoms with Crippen LogP contribution < -0.4 is 10.6 Å². The first-order valence-electron chi connectivity index (χ1n) is 7.26. The third-order valence-corrected chi connectivity index (χ3v) is 3.71. The zero-order chi connectivity index (χ0) is 15.3. The van der Waals surface area contributed by atoms with E-state index in [0.29, 0.717) is 17.5 Å². The molecule has 0 amide bonds. The van der Waals surface area contributed by atoms with Crippen LogP contribution in [-0.2, 0) is 0 Å². The molecule has 2 nitrogen and oxygen atoms in total. The highest BCUT2D eigenvalue weighted by Crippen LogP contribution is 2.24. The van der Waals surface area contributed by atoms with E-state index in [9.17, 15) is 4.39 Å². The fraction of sp³-hybridized carbons (Fsp3) is 0.562. The molecule has 2 N–H and O–H groups in total. The minimum atomic E-state index is -0.338. The number of halogens is 1. The molecule has 1 aromatic rings. The van der Waals surface area contributed by atoms with E-state index in [0.717, 1.165) is 25.1 Å². The van der Waals surface area contributed by atoms with Crippen molar-refractivity contribution < 1.29 is 4.39 Å². The Hall–Kier alpha value is -1.16. The van der Waals surface area contributed by atoms with Crippen LogP contribution in [0.2, 0.25) is 0 Å². The molecule has 0 saturated carbocycles. The van der Waals surface area contributed by atoms with Gasteiger partial charge in [-0.2, -0.15) is 0 Å². The van der Waals surface area contributed by atoms with E-state index in [2.05, 4.69) is 32.6 Å². The Morgan fingerprint density at radius 1 is 1.30 bits per heavy atom. The number of hydrogen-bond donors (Lipinski definition) is 1. The SMILES string of the molecule is CCC(CC)N(CC(C)C)c1ccc(C(N)=S)c(F)c1. The fourth-order valence-electron chi connectivity index (χ4n) is 2.47. The molecule has 0 aromatic heterocycles. The monoisotopic (exact) mass is 296 g/mol. The Balaban J connectivity index is 3.13. The fourth-order valence-corrected chi connectivity index (χ4v) is 2.64. The molecule has 0 atom stereocenters. The summed E-state index contributed by atoms with van der Waals surface area (Å²) in [5, 5.41) is 0. The molecule has 1 rings (SSSR count). The number of hydrogen-bond acceptors (Lipinski definition) is 2. The van der Waals surface area contributed by atoms with Crippen LogP contribution in [0.25, 0.3) is 0 Å². The Kier molecular flexibility index (Phi) is 6.40. The smallest absolute Gasteiger partial charge is 0.135 e. The summed E-state index contributed by atoms with van der Waals surface area (Å²) in [7, 11) is 0. The van der Waals surface area contributed by atoms with E-state index >= 15 is 0 Å². The number of anilines is 1. The van der Waals surface area contributed by atoms with Crippen molar-refractivity contribution in [2.75, 3.05) is 11.4 Å². The van der Waals surface area contributed by atoms with E-state index in [1.54, 1.807) is 12.1 Å². The van der Waals surface area contributed by atoms with Crippen molar-refractivity contribution in [1.29, 1.82) is 0 Å². The Morgan fingerprint density at radius 3 is 2.30 bits per heavy atom. The lowest BCUT2D eigenvalue weighted by Gasteiger charge is -2.34. The second-order valence-corrected chi connectivity index (χ2v) is 5.98. The molecule has 0 heterocycles. The molecule has 1 aromatic carbocycles. The second-order valence-electron chi connectivity index (χ2n) is 5.54. The minimum Gasteiger partial charge on any atom is -0.389 e. The summed E-state index contributed by atoms with van der Waals surface area (Å²) in [5.74, 6) is 0.184. The third kappa shape index (κ3) is 4.17. The highest BCUT2D eigenvalue weighted by atomic mass is 32.1. The predicted molar refractivity (Wildman–Crippen MR) is 88.8 cm³/mol. The van der Waals surface area contributed by atoms with E-state index in [1.165, 1.54) is 0 Å². The number of nitrogens with zero attached hydrogens (tertiary/aromatic N) is 1. The zero-order valence-corrected chi connectivity index (χ0v) is 13.6. The van der Waals surface area contributed by atoms with Crippen LogP contribution in [0, 0.1) is 11.7 Å². The molecule has 0 radical (unpaired) electrons. The second kappa shape index (κ2) is 7.58. The first-order valence-corrected chi connectivity index (χ1v) is 7.67. The number of nitrogens with two attached hydrogens (primary N) is 1. The highest BCUT2D eigenvalue weighted by molar-refractivity contribution is 7.80. The first kappa shape index (κ1) is 16.9. The van der Waals surface area contributed by atoms with Crippen molar-refractivity contribution in [2.45, 2.75) is 46.6 Å². The van der Waals surface area contributed by atoms with Gasteiger partial charge in [0.2, 0.25) is 0 Å². The Bertz CT molecular complexity index is 456. The van der Waals surface area contributed by atoms with E-state index < -0.39 is 0 Å². The van der Waals surface area contributed by atoms with Crippen molar-refractivity contribution in [3.63, 3.8) is 0 Å². The first-order chi connectivity index (χ1) is 9.40. The summed E-state index contributed by atoms with van der Waals surface area (Å²) in [6, 6.07) is 5.57. The molecule has 0 spiro atoms. The molecule has 0 aliphatic carbocycles. The number of benzene rings is 1. The van der Waals surface area contributed by atoms with Crippen LogP contribution in [-0.4, -0.2) is 17.6 Å². The van der Waals surface area contributed by atoms with Crippen molar-refractivity contribution in [3.8, 4) is 0 Å². The Morgan fingerprint density at radius 2 is 1.90 bits per heavy atom. The largest absolute Gasteiger partial charge is 0.389 e. The lowest BCUT2D eigenvalue weighted by atomic mass is 10.1. The van der Waals surface area contributed by atoms with Gasteiger partial charge >= 0.3 is 0 Å². The summed E-state index contributed by atoms with van der Waals surface area (Å²) in [6.45, 7) is 9.60. The van der Waals surface area contributed by atoms with Gasteiger partial charge in [-0.15, -0.1) is 0 Å². The lowest BCUT2D eigenvalue weighted by molar-refractivity contribution is 0.506. The van der Waals surface area contributed by atoms with Crippen LogP contribution in [0.4, 0.5) is 10.1 Å². The quantitative estimate of drug-likeness (QED) is 0.768. The molecule has 0 unspecified atom stereocenters. The van der Waals surface area contributed by atoms with Crippen molar-refractivity contribution in [1.82, 2.24) is 0 Å². The van der Waals surface area contributed by atoms with Gasteiger partial charge in [-0.25, -0.2) is 4.39 Å². The lowest BCUT2D eigenvalue weighted by Crippen LogP contribution is -2.37. The van der Waals surface area contributed by atoms with E-state index in [-0.39, 0.29) is 10.8 Å². The number of rotatable bonds is 7. The van der Waals surface area contributed by atoms with Gasteiger partial charge in [0, 0.05) is 23.8 Å². The van der Waals surface area contributed by atoms with Gasteiger partial charge in [-0.05, 0) is 37.0 Å². The molecule has 20 heavy (non-hydrogen) atoms. The average Bonchev–Trinajstić information content (AvgIpc) is 2.37. The maximum Gasteiger partial charge on any atom is 0.135 e. The molecule has 0 fully saturated rings. The average molecular weight is 296 g/mol. The predicted octanol–water partition coefficient (Wildman–Crippen LogP) is 4.11. The zero-order valence-electron chi connectivity index (χ0n) is 12.8. The molecular formula is C16H25FN2S. The molecule has 0 bridgehead atoms. The summed E-state index contributed by atoms with van der Waals surface area (Å²) in [5.41, 5.74) is 6.74. The maximum absolute atomic E-state index is 14.1. The summed E-state index contributed by atoms with van der Waals surface area (Å²) >= 11 is 4.85. The summed E-state index contributed by atoms with van der Waals surface area (Å²) < 4.78 is 14.1. The Labute approximate surface area is 127 Å². The van der Waals surface area contributed by atoms with E-state index in [4.69, 9.17) is 18.0 Å². The molecule has 0 saturated heterocycles. The van der Waals surface area contributed by atoms with Crippen LogP contribution in [0.1, 0.15) is 46.1 Å². The standard InChI is InChI=1S/C16H25FN2S/c1-5-12(6-2)19(10-11(3)4)13-7-8-14(16(18)20)15(17)9-13/h7-9,11-12H,5-6,10H2,1-4H3,(H2,18,20). The molecule has 112 valence electrons.